The second-order valence-corrected chi connectivity index (χ2v) is 7.45. The Hall–Kier alpha value is -3.30. The first-order chi connectivity index (χ1) is 14.3. The minimum atomic E-state index is -0.233. The summed E-state index contributed by atoms with van der Waals surface area (Å²) in [6, 6.07) is 9.40. The number of benzene rings is 1. The number of H-pyrrole nitrogens is 1. The van der Waals surface area contributed by atoms with E-state index in [1.165, 1.54) is 11.3 Å². The molecule has 29 heavy (non-hydrogen) atoms. The number of amides is 1. The van der Waals surface area contributed by atoms with Crippen molar-refractivity contribution in [1.82, 2.24) is 19.9 Å². The maximum Gasteiger partial charge on any atom is 0.259 e. The minimum Gasteiger partial charge on any atom is -0.378 e. The van der Waals surface area contributed by atoms with Gasteiger partial charge in [-0.15, -0.1) is 11.3 Å². The van der Waals surface area contributed by atoms with E-state index in [9.17, 15) is 4.79 Å². The molecule has 0 spiro atoms. The number of aromatic amines is 1. The van der Waals surface area contributed by atoms with E-state index in [1.54, 1.807) is 18.5 Å². The van der Waals surface area contributed by atoms with E-state index in [0.717, 1.165) is 30.0 Å². The van der Waals surface area contributed by atoms with Crippen LogP contribution in [0.1, 0.15) is 10.4 Å². The largest absolute Gasteiger partial charge is 0.378 e. The van der Waals surface area contributed by atoms with Crippen LogP contribution in [0.15, 0.2) is 48.1 Å². The third-order valence-corrected chi connectivity index (χ3v) is 5.45. The summed E-state index contributed by atoms with van der Waals surface area (Å²) in [6.07, 6.45) is 3.44. The molecule has 1 aliphatic heterocycles. The van der Waals surface area contributed by atoms with Gasteiger partial charge >= 0.3 is 0 Å². The monoisotopic (exact) mass is 406 g/mol. The van der Waals surface area contributed by atoms with Crippen LogP contribution in [0.3, 0.4) is 0 Å². The highest BCUT2D eigenvalue weighted by Gasteiger charge is 2.20. The van der Waals surface area contributed by atoms with Gasteiger partial charge in [-0.2, -0.15) is 0 Å². The first-order valence-electron chi connectivity index (χ1n) is 9.27. The molecule has 0 unspecified atom stereocenters. The quantitative estimate of drug-likeness (QED) is 0.540. The van der Waals surface area contributed by atoms with Gasteiger partial charge in [-0.05, 0) is 24.3 Å². The minimum absolute atomic E-state index is 0.233. The van der Waals surface area contributed by atoms with Crippen molar-refractivity contribution in [2.75, 3.05) is 36.5 Å². The molecule has 1 aromatic carbocycles. The zero-order chi connectivity index (χ0) is 19.6. The summed E-state index contributed by atoms with van der Waals surface area (Å²) in [7, 11) is 0. The average Bonchev–Trinajstić information content (AvgIpc) is 3.43. The van der Waals surface area contributed by atoms with Gasteiger partial charge in [0.1, 0.15) is 17.2 Å². The van der Waals surface area contributed by atoms with Crippen molar-refractivity contribution in [3.8, 4) is 11.4 Å². The molecule has 0 aliphatic carbocycles. The number of hydrogen-bond donors (Lipinski definition) is 2. The van der Waals surface area contributed by atoms with Crippen LogP contribution in [0.4, 0.5) is 10.9 Å². The standard InChI is InChI=1S/C20H18N6O2S/c27-19(25-20-22-7-12-29-20)13-3-1-5-15-16(13)24-17(23-15)14-4-2-6-21-18(14)26-8-10-28-11-9-26/h1-7,12H,8-11H2,(H,23,24)(H,22,25,27). The van der Waals surface area contributed by atoms with E-state index >= 15 is 0 Å². The van der Waals surface area contributed by atoms with Crippen molar-refractivity contribution in [2.45, 2.75) is 0 Å². The number of aromatic nitrogens is 4. The first-order valence-corrected chi connectivity index (χ1v) is 10.2. The molecule has 8 nitrogen and oxygen atoms in total. The molecule has 2 N–H and O–H groups in total. The van der Waals surface area contributed by atoms with E-state index < -0.39 is 0 Å². The van der Waals surface area contributed by atoms with E-state index in [4.69, 9.17) is 9.72 Å². The molecule has 0 saturated carbocycles. The number of fused-ring (bicyclic) bond motifs is 1. The number of thiazole rings is 1. The number of imidazole rings is 1. The SMILES string of the molecule is O=C(Nc1nccs1)c1cccc2[nH]c(-c3cccnc3N3CCOCC3)nc12. The zero-order valence-electron chi connectivity index (χ0n) is 15.5. The molecule has 1 amide bonds. The van der Waals surface area contributed by atoms with Gasteiger partial charge in [-0.25, -0.2) is 15.0 Å². The van der Waals surface area contributed by atoms with E-state index in [1.807, 2.05) is 29.6 Å². The summed E-state index contributed by atoms with van der Waals surface area (Å²) in [6.45, 7) is 2.92. The molecule has 1 fully saturated rings. The molecule has 0 atom stereocenters. The molecule has 3 aromatic heterocycles. The van der Waals surface area contributed by atoms with Gasteiger partial charge in [-0.3, -0.25) is 10.1 Å². The number of ether oxygens (including phenoxy) is 1. The molecule has 0 bridgehead atoms. The highest BCUT2D eigenvalue weighted by Crippen LogP contribution is 2.30. The molecule has 5 rings (SSSR count). The third-order valence-electron chi connectivity index (χ3n) is 4.76. The Morgan fingerprint density at radius 3 is 2.86 bits per heavy atom. The van der Waals surface area contributed by atoms with Crippen LogP contribution in [-0.4, -0.2) is 52.1 Å². The maximum atomic E-state index is 12.8. The van der Waals surface area contributed by atoms with E-state index in [0.29, 0.717) is 35.2 Å². The fourth-order valence-electron chi connectivity index (χ4n) is 3.40. The molecule has 146 valence electrons. The number of carbonyl (C=O) groups is 1. The topological polar surface area (TPSA) is 96.0 Å². The van der Waals surface area contributed by atoms with Gasteiger partial charge < -0.3 is 14.6 Å². The summed E-state index contributed by atoms with van der Waals surface area (Å²) < 4.78 is 5.46. The van der Waals surface area contributed by atoms with Crippen molar-refractivity contribution in [2.24, 2.45) is 0 Å². The predicted octanol–water partition coefficient (Wildman–Crippen LogP) is 3.17. The Labute approximate surface area is 170 Å². The highest BCUT2D eigenvalue weighted by molar-refractivity contribution is 7.13. The van der Waals surface area contributed by atoms with Crippen molar-refractivity contribution >= 4 is 39.2 Å². The van der Waals surface area contributed by atoms with Crippen LogP contribution >= 0.6 is 11.3 Å². The number of carbonyl (C=O) groups excluding carboxylic acids is 1. The number of pyridine rings is 1. The Kier molecular flexibility index (Phi) is 4.66. The Morgan fingerprint density at radius 2 is 2.03 bits per heavy atom. The second kappa shape index (κ2) is 7.61. The summed E-state index contributed by atoms with van der Waals surface area (Å²) in [4.78, 5) is 31.7. The molecular formula is C20H18N6O2S. The summed E-state index contributed by atoms with van der Waals surface area (Å²) in [5.41, 5.74) is 2.81. The zero-order valence-corrected chi connectivity index (χ0v) is 16.3. The lowest BCUT2D eigenvalue weighted by Crippen LogP contribution is -2.37. The molecule has 1 aliphatic rings. The van der Waals surface area contributed by atoms with Gasteiger partial charge in [0.05, 0.1) is 29.9 Å². The number of para-hydroxylation sites is 1. The van der Waals surface area contributed by atoms with Crippen LogP contribution in [0.25, 0.3) is 22.4 Å². The van der Waals surface area contributed by atoms with Crippen LogP contribution in [0.2, 0.25) is 0 Å². The Morgan fingerprint density at radius 1 is 1.14 bits per heavy atom. The smallest absolute Gasteiger partial charge is 0.259 e. The van der Waals surface area contributed by atoms with E-state index in [2.05, 4.69) is 25.2 Å². The Balaban J connectivity index is 1.54. The van der Waals surface area contributed by atoms with Crippen LogP contribution in [0, 0.1) is 0 Å². The van der Waals surface area contributed by atoms with Gasteiger partial charge in [0.15, 0.2) is 5.13 Å². The molecule has 4 aromatic rings. The van der Waals surface area contributed by atoms with Gasteiger partial charge in [0.2, 0.25) is 0 Å². The number of anilines is 2. The lowest BCUT2D eigenvalue weighted by atomic mass is 10.2. The molecule has 9 heteroatoms. The number of nitrogens with one attached hydrogen (secondary N) is 2. The lowest BCUT2D eigenvalue weighted by molar-refractivity contribution is 0.102. The summed E-state index contributed by atoms with van der Waals surface area (Å²) in [5, 5.41) is 5.20. The summed E-state index contributed by atoms with van der Waals surface area (Å²) in [5.74, 6) is 1.32. The third kappa shape index (κ3) is 3.45. The molecule has 4 heterocycles. The van der Waals surface area contributed by atoms with Crippen LogP contribution in [-0.2, 0) is 4.74 Å². The van der Waals surface area contributed by atoms with Gasteiger partial charge in [-0.1, -0.05) is 6.07 Å². The van der Waals surface area contributed by atoms with E-state index in [-0.39, 0.29) is 5.91 Å². The fraction of sp³-hybridized carbons (Fsp3) is 0.200. The van der Waals surface area contributed by atoms with Crippen molar-refractivity contribution in [1.29, 1.82) is 0 Å². The maximum absolute atomic E-state index is 12.8. The van der Waals surface area contributed by atoms with Gasteiger partial charge in [0.25, 0.3) is 5.91 Å². The Bertz CT molecular complexity index is 1150. The number of hydrogen-bond acceptors (Lipinski definition) is 7. The van der Waals surface area contributed by atoms with Crippen LogP contribution in [0.5, 0.6) is 0 Å². The second-order valence-electron chi connectivity index (χ2n) is 6.55. The molecule has 1 saturated heterocycles. The highest BCUT2D eigenvalue weighted by atomic mass is 32.1. The number of rotatable bonds is 4. The predicted molar refractivity (Wildman–Crippen MR) is 112 cm³/mol. The molecular weight excluding hydrogens is 388 g/mol. The first kappa shape index (κ1) is 17.8. The normalized spacial score (nSPS) is 14.3. The molecule has 0 radical (unpaired) electrons. The average molecular weight is 406 g/mol. The lowest BCUT2D eigenvalue weighted by Gasteiger charge is -2.29. The van der Waals surface area contributed by atoms with Crippen molar-refractivity contribution in [3.05, 3.63) is 53.7 Å². The number of morpholine rings is 1. The van der Waals surface area contributed by atoms with Gasteiger partial charge in [0, 0.05) is 30.9 Å². The van der Waals surface area contributed by atoms with Crippen molar-refractivity contribution in [3.63, 3.8) is 0 Å². The fourth-order valence-corrected chi connectivity index (χ4v) is 3.93. The number of nitrogens with zero attached hydrogens (tertiary/aromatic N) is 4. The van der Waals surface area contributed by atoms with Crippen molar-refractivity contribution < 1.29 is 9.53 Å². The summed E-state index contributed by atoms with van der Waals surface area (Å²) >= 11 is 1.38. The van der Waals surface area contributed by atoms with Crippen LogP contribution < -0.4 is 10.2 Å².